The van der Waals surface area contributed by atoms with E-state index in [0.717, 1.165) is 23.4 Å². The summed E-state index contributed by atoms with van der Waals surface area (Å²) in [5.74, 6) is 0. The standard InChI is InChI=1S/C16H16ClNS/c17-13-7-3-1-5-11(13)9-14(18)16-10-12-6-2-4-8-15(12)19-16/h1-8,14,16H,9-10,18H2. The molecule has 2 aromatic rings. The highest BCUT2D eigenvalue weighted by Crippen LogP contribution is 2.38. The van der Waals surface area contributed by atoms with Crippen molar-refractivity contribution in [2.24, 2.45) is 5.73 Å². The normalized spacial score (nSPS) is 19.2. The third-order valence-electron chi connectivity index (χ3n) is 3.56. The quantitative estimate of drug-likeness (QED) is 0.926. The zero-order valence-corrected chi connectivity index (χ0v) is 12.1. The van der Waals surface area contributed by atoms with Crippen LogP contribution < -0.4 is 5.73 Å². The van der Waals surface area contributed by atoms with E-state index in [9.17, 15) is 0 Å². The van der Waals surface area contributed by atoms with Crippen molar-refractivity contribution in [3.8, 4) is 0 Å². The van der Waals surface area contributed by atoms with Gasteiger partial charge in [-0.15, -0.1) is 11.8 Å². The Morgan fingerprint density at radius 1 is 1.16 bits per heavy atom. The van der Waals surface area contributed by atoms with Crippen molar-refractivity contribution in [2.75, 3.05) is 0 Å². The van der Waals surface area contributed by atoms with Gasteiger partial charge in [-0.2, -0.15) is 0 Å². The summed E-state index contributed by atoms with van der Waals surface area (Å²) in [6, 6.07) is 16.7. The Bertz CT molecular complexity index is 559. The number of hydrogen-bond donors (Lipinski definition) is 1. The lowest BCUT2D eigenvalue weighted by atomic mass is 9.99. The van der Waals surface area contributed by atoms with E-state index in [1.165, 1.54) is 10.5 Å². The molecular formula is C16H16ClNS. The lowest BCUT2D eigenvalue weighted by Gasteiger charge is -2.18. The van der Waals surface area contributed by atoms with Crippen LogP contribution >= 0.6 is 23.4 Å². The number of halogens is 1. The fourth-order valence-corrected chi connectivity index (χ4v) is 4.03. The Morgan fingerprint density at radius 2 is 1.89 bits per heavy atom. The maximum absolute atomic E-state index is 6.38. The smallest absolute Gasteiger partial charge is 0.0438 e. The summed E-state index contributed by atoms with van der Waals surface area (Å²) >= 11 is 8.10. The molecule has 2 unspecified atom stereocenters. The summed E-state index contributed by atoms with van der Waals surface area (Å²) in [5, 5.41) is 1.27. The molecule has 3 rings (SSSR count). The van der Waals surface area contributed by atoms with E-state index in [1.54, 1.807) is 0 Å². The van der Waals surface area contributed by atoms with Crippen LogP contribution in [0.3, 0.4) is 0 Å². The summed E-state index contributed by atoms with van der Waals surface area (Å²) in [6.07, 6.45) is 1.90. The first-order valence-corrected chi connectivity index (χ1v) is 7.73. The molecule has 1 aliphatic rings. The number of thioether (sulfide) groups is 1. The number of hydrogen-bond acceptors (Lipinski definition) is 2. The molecule has 3 heteroatoms. The molecule has 0 saturated heterocycles. The maximum Gasteiger partial charge on any atom is 0.0438 e. The van der Waals surface area contributed by atoms with Gasteiger partial charge in [-0.1, -0.05) is 48.0 Å². The molecule has 0 spiro atoms. The summed E-state index contributed by atoms with van der Waals surface area (Å²) in [4.78, 5) is 1.38. The van der Waals surface area contributed by atoms with Gasteiger partial charge in [-0.25, -0.2) is 0 Å². The molecule has 0 saturated carbocycles. The molecule has 98 valence electrons. The van der Waals surface area contributed by atoms with Gasteiger partial charge in [0.2, 0.25) is 0 Å². The largest absolute Gasteiger partial charge is 0.326 e. The van der Waals surface area contributed by atoms with Gasteiger partial charge in [0, 0.05) is 21.2 Å². The summed E-state index contributed by atoms with van der Waals surface area (Å²) < 4.78 is 0. The summed E-state index contributed by atoms with van der Waals surface area (Å²) in [6.45, 7) is 0. The van der Waals surface area contributed by atoms with Crippen molar-refractivity contribution < 1.29 is 0 Å². The van der Waals surface area contributed by atoms with Gasteiger partial charge >= 0.3 is 0 Å². The number of benzene rings is 2. The highest BCUT2D eigenvalue weighted by Gasteiger charge is 2.27. The first kappa shape index (κ1) is 13.0. The minimum Gasteiger partial charge on any atom is -0.326 e. The van der Waals surface area contributed by atoms with Crippen LogP contribution in [0.2, 0.25) is 5.02 Å². The topological polar surface area (TPSA) is 26.0 Å². The van der Waals surface area contributed by atoms with Gasteiger partial charge in [0.25, 0.3) is 0 Å². The molecule has 0 radical (unpaired) electrons. The van der Waals surface area contributed by atoms with Crippen LogP contribution in [0.1, 0.15) is 11.1 Å². The predicted octanol–water partition coefficient (Wildman–Crippen LogP) is 3.93. The Morgan fingerprint density at radius 3 is 2.68 bits per heavy atom. The monoisotopic (exact) mass is 289 g/mol. The summed E-state index contributed by atoms with van der Waals surface area (Å²) in [7, 11) is 0. The van der Waals surface area contributed by atoms with E-state index in [2.05, 4.69) is 30.3 Å². The molecular weight excluding hydrogens is 274 g/mol. The van der Waals surface area contributed by atoms with Crippen molar-refractivity contribution in [3.63, 3.8) is 0 Å². The van der Waals surface area contributed by atoms with E-state index in [0.29, 0.717) is 5.25 Å². The molecule has 1 heterocycles. The van der Waals surface area contributed by atoms with Crippen LogP contribution in [0.25, 0.3) is 0 Å². The van der Waals surface area contributed by atoms with E-state index >= 15 is 0 Å². The average Bonchev–Trinajstić information content (AvgIpc) is 2.85. The molecule has 2 aromatic carbocycles. The molecule has 2 N–H and O–H groups in total. The molecule has 0 bridgehead atoms. The first-order chi connectivity index (χ1) is 9.24. The zero-order valence-electron chi connectivity index (χ0n) is 10.6. The van der Waals surface area contributed by atoms with Gasteiger partial charge in [0.05, 0.1) is 0 Å². The van der Waals surface area contributed by atoms with E-state index < -0.39 is 0 Å². The van der Waals surface area contributed by atoms with Gasteiger partial charge < -0.3 is 5.73 Å². The Hall–Kier alpha value is -0.960. The lowest BCUT2D eigenvalue weighted by molar-refractivity contribution is 0.633. The highest BCUT2D eigenvalue weighted by molar-refractivity contribution is 8.00. The Labute approximate surface area is 123 Å². The van der Waals surface area contributed by atoms with Crippen LogP contribution in [0, 0.1) is 0 Å². The van der Waals surface area contributed by atoms with Crippen LogP contribution in [-0.4, -0.2) is 11.3 Å². The van der Waals surface area contributed by atoms with Crippen molar-refractivity contribution in [3.05, 3.63) is 64.7 Å². The van der Waals surface area contributed by atoms with E-state index in [4.69, 9.17) is 17.3 Å². The van der Waals surface area contributed by atoms with Crippen molar-refractivity contribution in [1.82, 2.24) is 0 Å². The predicted molar refractivity (Wildman–Crippen MR) is 82.9 cm³/mol. The maximum atomic E-state index is 6.38. The van der Waals surface area contributed by atoms with Crippen molar-refractivity contribution >= 4 is 23.4 Å². The highest BCUT2D eigenvalue weighted by atomic mass is 35.5. The number of nitrogens with two attached hydrogens (primary N) is 1. The van der Waals surface area contributed by atoms with Crippen LogP contribution in [0.15, 0.2) is 53.4 Å². The average molecular weight is 290 g/mol. The third-order valence-corrected chi connectivity index (χ3v) is 5.40. The minimum absolute atomic E-state index is 0.136. The minimum atomic E-state index is 0.136. The fraction of sp³-hybridized carbons (Fsp3) is 0.250. The lowest BCUT2D eigenvalue weighted by Crippen LogP contribution is -2.34. The number of fused-ring (bicyclic) bond motifs is 1. The molecule has 0 fully saturated rings. The van der Waals surface area contributed by atoms with E-state index in [1.807, 2.05) is 30.0 Å². The van der Waals surface area contributed by atoms with E-state index in [-0.39, 0.29) is 6.04 Å². The molecule has 2 atom stereocenters. The molecule has 0 aliphatic carbocycles. The second kappa shape index (κ2) is 5.58. The van der Waals surface area contributed by atoms with Gasteiger partial charge in [0.1, 0.15) is 0 Å². The number of rotatable bonds is 3. The second-order valence-corrected chi connectivity index (χ2v) is 6.62. The second-order valence-electron chi connectivity index (χ2n) is 4.93. The van der Waals surface area contributed by atoms with Crippen LogP contribution in [0.5, 0.6) is 0 Å². The Kier molecular flexibility index (Phi) is 3.83. The van der Waals surface area contributed by atoms with Crippen LogP contribution in [0.4, 0.5) is 0 Å². The van der Waals surface area contributed by atoms with Crippen LogP contribution in [-0.2, 0) is 12.8 Å². The molecule has 0 aromatic heterocycles. The Balaban J connectivity index is 1.70. The van der Waals surface area contributed by atoms with Gasteiger partial charge in [0.15, 0.2) is 0 Å². The third kappa shape index (κ3) is 2.81. The first-order valence-electron chi connectivity index (χ1n) is 6.47. The summed E-state index contributed by atoms with van der Waals surface area (Å²) in [5.41, 5.74) is 8.95. The molecule has 1 aliphatic heterocycles. The van der Waals surface area contributed by atoms with Gasteiger partial charge in [-0.3, -0.25) is 0 Å². The van der Waals surface area contributed by atoms with Crippen molar-refractivity contribution in [1.29, 1.82) is 0 Å². The fourth-order valence-electron chi connectivity index (χ4n) is 2.50. The SMILES string of the molecule is NC(Cc1ccccc1Cl)C1Cc2ccccc2S1. The molecule has 0 amide bonds. The zero-order chi connectivity index (χ0) is 13.2. The van der Waals surface area contributed by atoms with Crippen molar-refractivity contribution in [2.45, 2.75) is 29.0 Å². The molecule has 19 heavy (non-hydrogen) atoms. The van der Waals surface area contributed by atoms with Gasteiger partial charge in [-0.05, 0) is 36.1 Å². The molecule has 1 nitrogen and oxygen atoms in total.